The largest absolute Gasteiger partial charge is 0.482 e. The van der Waals surface area contributed by atoms with Crippen molar-refractivity contribution in [3.8, 4) is 5.75 Å². The molecule has 170 valence electrons. The minimum Gasteiger partial charge on any atom is -0.482 e. The van der Waals surface area contributed by atoms with E-state index >= 15 is 0 Å². The molecule has 2 heterocycles. The normalized spacial score (nSPS) is 20.1. The van der Waals surface area contributed by atoms with Gasteiger partial charge >= 0.3 is 0 Å². The van der Waals surface area contributed by atoms with Gasteiger partial charge in [0.15, 0.2) is 6.61 Å². The molecule has 7 nitrogen and oxygen atoms in total. The molecule has 3 atom stereocenters. The summed E-state index contributed by atoms with van der Waals surface area (Å²) in [6, 6.07) is 10.2. The van der Waals surface area contributed by atoms with Crippen molar-refractivity contribution < 1.29 is 19.4 Å². The highest BCUT2D eigenvalue weighted by Gasteiger charge is 2.28. The zero-order chi connectivity index (χ0) is 22.8. The Bertz CT molecular complexity index is 1030. The minimum absolute atomic E-state index is 0.0168. The minimum atomic E-state index is -0.475. The van der Waals surface area contributed by atoms with Crippen molar-refractivity contribution in [1.82, 2.24) is 10.2 Å². The highest BCUT2D eigenvalue weighted by molar-refractivity contribution is 6.35. The van der Waals surface area contributed by atoms with E-state index in [1.807, 2.05) is 19.1 Å². The van der Waals surface area contributed by atoms with Gasteiger partial charge in [-0.2, -0.15) is 0 Å². The van der Waals surface area contributed by atoms with E-state index in [0.717, 1.165) is 17.7 Å². The summed E-state index contributed by atoms with van der Waals surface area (Å²) in [5.74, 6) is -0.294. The van der Waals surface area contributed by atoms with Crippen molar-refractivity contribution in [3.63, 3.8) is 0 Å². The van der Waals surface area contributed by atoms with Crippen molar-refractivity contribution in [2.75, 3.05) is 31.6 Å². The van der Waals surface area contributed by atoms with Crippen LogP contribution in [0.5, 0.6) is 5.75 Å². The quantitative estimate of drug-likeness (QED) is 0.593. The number of halogens is 2. The molecule has 2 aliphatic heterocycles. The number of likely N-dealkylation sites (tertiary alicyclic amines) is 1. The number of benzene rings is 2. The van der Waals surface area contributed by atoms with Gasteiger partial charge in [0.25, 0.3) is 5.91 Å². The van der Waals surface area contributed by atoms with Gasteiger partial charge in [-0.05, 0) is 48.7 Å². The lowest BCUT2D eigenvalue weighted by Gasteiger charge is -2.27. The van der Waals surface area contributed by atoms with Crippen LogP contribution in [0.3, 0.4) is 0 Å². The standard InChI is InChI=1S/C23H25Cl2N3O4/c1-13(14-2-5-21-19(8-14)26-22(30)12-32-21)23(31)27-20(11-28-7-6-16(29)10-28)17-4-3-15(24)9-18(17)25/h2-5,8-9,13,16,20,29H,6-7,10-12H2,1H3,(H,26,30)(H,27,31)/t13?,16?,20-/m1/s1. The van der Waals surface area contributed by atoms with Gasteiger partial charge in [-0.1, -0.05) is 35.3 Å². The first-order valence-electron chi connectivity index (χ1n) is 10.5. The van der Waals surface area contributed by atoms with Gasteiger partial charge in [0, 0.05) is 29.7 Å². The second kappa shape index (κ2) is 9.67. The smallest absolute Gasteiger partial charge is 0.262 e. The molecular formula is C23H25Cl2N3O4. The molecule has 4 rings (SSSR count). The van der Waals surface area contributed by atoms with Crippen LogP contribution in [0.4, 0.5) is 5.69 Å². The van der Waals surface area contributed by atoms with Gasteiger partial charge in [-0.15, -0.1) is 0 Å². The fraction of sp³-hybridized carbons (Fsp3) is 0.391. The second-order valence-corrected chi connectivity index (χ2v) is 9.09. The van der Waals surface area contributed by atoms with Crippen LogP contribution in [-0.4, -0.2) is 54.2 Å². The van der Waals surface area contributed by atoms with E-state index in [0.29, 0.717) is 41.0 Å². The molecule has 2 aliphatic rings. The first kappa shape index (κ1) is 22.9. The number of fused-ring (bicyclic) bond motifs is 1. The number of aliphatic hydroxyl groups is 1. The van der Waals surface area contributed by atoms with Gasteiger partial charge in [-0.25, -0.2) is 0 Å². The molecule has 3 N–H and O–H groups in total. The maximum Gasteiger partial charge on any atom is 0.262 e. The molecule has 2 aromatic carbocycles. The predicted molar refractivity (Wildman–Crippen MR) is 123 cm³/mol. The van der Waals surface area contributed by atoms with Crippen LogP contribution in [0, 0.1) is 0 Å². The van der Waals surface area contributed by atoms with Crippen molar-refractivity contribution >= 4 is 40.7 Å². The summed E-state index contributed by atoms with van der Waals surface area (Å²) >= 11 is 12.5. The van der Waals surface area contributed by atoms with Gasteiger partial charge in [0.1, 0.15) is 5.75 Å². The summed E-state index contributed by atoms with van der Waals surface area (Å²) in [7, 11) is 0. The van der Waals surface area contributed by atoms with Crippen molar-refractivity contribution in [1.29, 1.82) is 0 Å². The Morgan fingerprint density at radius 3 is 2.84 bits per heavy atom. The number of nitrogens with zero attached hydrogens (tertiary/aromatic N) is 1. The maximum atomic E-state index is 13.2. The summed E-state index contributed by atoms with van der Waals surface area (Å²) in [4.78, 5) is 26.9. The van der Waals surface area contributed by atoms with Gasteiger partial charge in [0.2, 0.25) is 5.91 Å². The summed E-state index contributed by atoms with van der Waals surface area (Å²) in [6.45, 7) is 3.61. The zero-order valence-corrected chi connectivity index (χ0v) is 19.1. The van der Waals surface area contributed by atoms with Crippen molar-refractivity contribution in [2.24, 2.45) is 0 Å². The molecule has 2 amide bonds. The van der Waals surface area contributed by atoms with Crippen LogP contribution in [0.15, 0.2) is 36.4 Å². The van der Waals surface area contributed by atoms with Crippen LogP contribution in [0.1, 0.15) is 36.4 Å². The summed E-state index contributed by atoms with van der Waals surface area (Å²) in [5, 5.41) is 16.8. The Hall–Kier alpha value is -2.32. The average Bonchev–Trinajstić information content (AvgIpc) is 3.16. The van der Waals surface area contributed by atoms with Crippen LogP contribution >= 0.6 is 23.2 Å². The average molecular weight is 478 g/mol. The Morgan fingerprint density at radius 1 is 1.31 bits per heavy atom. The van der Waals surface area contributed by atoms with E-state index in [1.54, 1.807) is 24.3 Å². The third-order valence-corrected chi connectivity index (χ3v) is 6.43. The Balaban J connectivity index is 1.53. The number of carbonyl (C=O) groups excluding carboxylic acids is 2. The van der Waals surface area contributed by atoms with E-state index in [1.165, 1.54) is 0 Å². The van der Waals surface area contributed by atoms with Crippen molar-refractivity contribution in [2.45, 2.75) is 31.4 Å². The van der Waals surface area contributed by atoms with Gasteiger partial charge < -0.3 is 20.5 Å². The highest BCUT2D eigenvalue weighted by Crippen LogP contribution is 2.32. The van der Waals surface area contributed by atoms with Crippen LogP contribution in [-0.2, 0) is 9.59 Å². The molecule has 0 bridgehead atoms. The topological polar surface area (TPSA) is 90.9 Å². The van der Waals surface area contributed by atoms with Crippen LogP contribution in [0.25, 0.3) is 0 Å². The van der Waals surface area contributed by atoms with E-state index in [2.05, 4.69) is 15.5 Å². The molecule has 0 spiro atoms. The Morgan fingerprint density at radius 2 is 2.12 bits per heavy atom. The predicted octanol–water partition coefficient (Wildman–Crippen LogP) is 3.35. The molecule has 0 saturated carbocycles. The highest BCUT2D eigenvalue weighted by atomic mass is 35.5. The van der Waals surface area contributed by atoms with Crippen LogP contribution in [0.2, 0.25) is 10.0 Å². The molecular weight excluding hydrogens is 453 g/mol. The van der Waals surface area contributed by atoms with E-state index in [-0.39, 0.29) is 30.6 Å². The molecule has 1 fully saturated rings. The SMILES string of the molecule is CC(C(=O)N[C@H](CN1CCC(O)C1)c1ccc(Cl)cc1Cl)c1ccc2c(c1)NC(=O)CO2. The molecule has 0 radical (unpaired) electrons. The fourth-order valence-corrected chi connectivity index (χ4v) is 4.60. The molecule has 1 saturated heterocycles. The number of anilines is 1. The number of aliphatic hydroxyl groups excluding tert-OH is 1. The molecule has 9 heteroatoms. The monoisotopic (exact) mass is 477 g/mol. The van der Waals surface area contributed by atoms with Crippen molar-refractivity contribution in [3.05, 3.63) is 57.6 Å². The van der Waals surface area contributed by atoms with Crippen LogP contribution < -0.4 is 15.4 Å². The first-order valence-corrected chi connectivity index (χ1v) is 11.3. The molecule has 2 aromatic rings. The van der Waals surface area contributed by atoms with Gasteiger partial charge in [-0.3, -0.25) is 14.5 Å². The first-order chi connectivity index (χ1) is 15.3. The Kier molecular flexibility index (Phi) is 6.90. The molecule has 32 heavy (non-hydrogen) atoms. The third kappa shape index (κ3) is 5.18. The number of amides is 2. The molecule has 0 aliphatic carbocycles. The number of β-amino-alcohol motifs (C(OH)–C–C–N with tert-alkyl or cyclic N) is 1. The lowest BCUT2D eigenvalue weighted by Crippen LogP contribution is -2.39. The van der Waals surface area contributed by atoms with Gasteiger partial charge in [0.05, 0.1) is 23.8 Å². The number of ether oxygens (including phenoxy) is 1. The summed E-state index contributed by atoms with van der Waals surface area (Å²) < 4.78 is 5.40. The fourth-order valence-electron chi connectivity index (χ4n) is 4.06. The van der Waals surface area contributed by atoms with E-state index in [4.69, 9.17) is 27.9 Å². The second-order valence-electron chi connectivity index (χ2n) is 8.24. The third-order valence-electron chi connectivity index (χ3n) is 5.87. The number of carbonyl (C=O) groups is 2. The summed E-state index contributed by atoms with van der Waals surface area (Å²) in [5.41, 5.74) is 2.08. The maximum absolute atomic E-state index is 13.2. The number of nitrogens with one attached hydrogen (secondary N) is 2. The van der Waals surface area contributed by atoms with E-state index in [9.17, 15) is 14.7 Å². The molecule has 2 unspecified atom stereocenters. The Labute approximate surface area is 196 Å². The number of hydrogen-bond acceptors (Lipinski definition) is 5. The van der Waals surface area contributed by atoms with E-state index < -0.39 is 5.92 Å². The lowest BCUT2D eigenvalue weighted by molar-refractivity contribution is -0.123. The molecule has 0 aromatic heterocycles. The zero-order valence-electron chi connectivity index (χ0n) is 17.6. The lowest BCUT2D eigenvalue weighted by atomic mass is 9.97. The number of rotatable bonds is 6. The number of hydrogen-bond donors (Lipinski definition) is 3. The summed E-state index contributed by atoms with van der Waals surface area (Å²) in [6.07, 6.45) is 0.341.